The Balaban J connectivity index is 1.67. The number of nitrogens with zero attached hydrogens (tertiary/aromatic N) is 1. The number of thiol groups is 2. The Bertz CT molecular complexity index is 2700. The number of carbonyl (C=O) groups is 8. The van der Waals surface area contributed by atoms with Crippen molar-refractivity contribution in [2.24, 2.45) is 27.9 Å². The Morgan fingerprint density at radius 3 is 1.71 bits per heavy atom. The van der Waals surface area contributed by atoms with Crippen molar-refractivity contribution in [1.82, 2.24) is 42.2 Å². The highest BCUT2D eigenvalue weighted by atomic mass is 32.1. The van der Waals surface area contributed by atoms with E-state index in [4.69, 9.17) is 22.9 Å². The van der Waals surface area contributed by atoms with Crippen LogP contribution in [0.4, 0.5) is 0 Å². The maximum absolute atomic E-state index is 14.8. The molecule has 0 aliphatic carbocycles. The normalized spacial score (nSPS) is 15.3. The van der Waals surface area contributed by atoms with Crippen LogP contribution < -0.4 is 60.2 Å². The summed E-state index contributed by atoms with van der Waals surface area (Å²) in [7, 11) is 0. The number of hydrogen-bond donors (Lipinski definition) is 17. The molecule has 1 aromatic heterocycles. The Hall–Kier alpha value is -7.39. The summed E-state index contributed by atoms with van der Waals surface area (Å²) in [6.45, 7) is 5.29. The molecule has 0 saturated heterocycles. The van der Waals surface area contributed by atoms with E-state index in [1.165, 1.54) is 52.0 Å². The third-order valence-electron chi connectivity index (χ3n) is 12.2. The van der Waals surface area contributed by atoms with Gasteiger partial charge in [-0.15, -0.1) is 0 Å². The predicted molar refractivity (Wildman–Crippen MR) is 295 cm³/mol. The summed E-state index contributed by atoms with van der Waals surface area (Å²) >= 11 is 8.75. The summed E-state index contributed by atoms with van der Waals surface area (Å²) in [5.41, 5.74) is 25.2. The summed E-state index contributed by atoms with van der Waals surface area (Å²) in [4.78, 5) is 118. The largest absolute Gasteiger partial charge is 0.508 e. The average molecular weight is 1110 g/mol. The van der Waals surface area contributed by atoms with Gasteiger partial charge in [0.05, 0.1) is 18.2 Å². The van der Waals surface area contributed by atoms with E-state index in [1.54, 1.807) is 54.7 Å². The van der Waals surface area contributed by atoms with Crippen LogP contribution in [0.25, 0.3) is 10.9 Å². The van der Waals surface area contributed by atoms with E-state index in [9.17, 15) is 53.7 Å². The van der Waals surface area contributed by atoms with Crippen molar-refractivity contribution in [3.05, 3.63) is 102 Å². The number of amides is 8. The zero-order valence-corrected chi connectivity index (χ0v) is 44.9. The van der Waals surface area contributed by atoms with Gasteiger partial charge in [0.2, 0.25) is 47.3 Å². The molecule has 19 N–H and O–H groups in total. The first-order valence-corrected chi connectivity index (χ1v) is 25.7. The molecule has 418 valence electrons. The number of nitrogens with one attached hydrogen (secondary N) is 8. The standard InChI is InChI=1S/C51H71N13O11S2/c1-26(65)39(42(53)68)62-49(75)41(51(3,4)77)64-48(74)40(27(2)66)63-44(70)35(15-10-20-56-50(54)55)58-46(72)37(23-30-24-57-34-14-9-8-13-32(30)34)60-45(71)36(22-29-16-18-31(67)19-17-29)59-47(73)38(25-76)61-43(69)33(52)21-28-11-6-5-7-12-28/h5-9,11-14,16-19,24,26-27,33,35-41,57,65-67,76-77H,10,15,20-23,25,52H2,1-4H3,(H2,53,68)(H,58,72)(H,59,73)(H,60,71)(H,61,69)(H,62,75)(H,63,70)(H,64,74)(H4,54,55,56). The lowest BCUT2D eigenvalue weighted by atomic mass is 9.99. The quantitative estimate of drug-likeness (QED) is 0.0116. The molecular weight excluding hydrogens is 1030 g/mol. The summed E-state index contributed by atoms with van der Waals surface area (Å²) in [5, 5.41) is 49.5. The van der Waals surface area contributed by atoms with Crippen molar-refractivity contribution in [2.45, 2.75) is 125 Å². The topological polar surface area (TPSA) is 414 Å². The molecule has 1 heterocycles. The van der Waals surface area contributed by atoms with E-state index in [2.05, 4.69) is 72.5 Å². The van der Waals surface area contributed by atoms with Crippen molar-refractivity contribution in [3.63, 3.8) is 0 Å². The van der Waals surface area contributed by atoms with Crippen molar-refractivity contribution in [1.29, 1.82) is 0 Å². The van der Waals surface area contributed by atoms with Crippen LogP contribution in [0.15, 0.2) is 90.1 Å². The highest BCUT2D eigenvalue weighted by molar-refractivity contribution is 7.81. The Kier molecular flexibility index (Phi) is 23.6. The summed E-state index contributed by atoms with van der Waals surface area (Å²) < 4.78 is -1.35. The smallest absolute Gasteiger partial charge is 0.245 e. The fourth-order valence-electron chi connectivity index (χ4n) is 7.95. The van der Waals surface area contributed by atoms with Crippen LogP contribution in [0, 0.1) is 0 Å². The van der Waals surface area contributed by atoms with E-state index in [0.29, 0.717) is 22.0 Å². The van der Waals surface area contributed by atoms with Crippen LogP contribution in [0.2, 0.25) is 0 Å². The number of carbonyl (C=O) groups excluding carboxylic acids is 8. The Morgan fingerprint density at radius 2 is 1.14 bits per heavy atom. The van der Waals surface area contributed by atoms with Crippen molar-refractivity contribution >= 4 is 89.4 Å². The molecule has 0 radical (unpaired) electrons. The molecule has 0 fully saturated rings. The number of aromatic nitrogens is 1. The first-order valence-electron chi connectivity index (χ1n) is 24.6. The second-order valence-corrected chi connectivity index (χ2v) is 20.6. The average Bonchev–Trinajstić information content (AvgIpc) is 3.78. The van der Waals surface area contributed by atoms with Gasteiger partial charge in [-0.25, -0.2) is 0 Å². The number of aliphatic hydroxyl groups excluding tert-OH is 2. The molecule has 0 spiro atoms. The van der Waals surface area contributed by atoms with Gasteiger partial charge < -0.3 is 80.5 Å². The first-order chi connectivity index (χ1) is 36.3. The summed E-state index contributed by atoms with van der Waals surface area (Å²) in [6, 6.07) is 10.3. The van der Waals surface area contributed by atoms with Crippen LogP contribution in [-0.2, 0) is 57.6 Å². The maximum Gasteiger partial charge on any atom is 0.245 e. The molecule has 4 aromatic rings. The molecule has 24 nitrogen and oxygen atoms in total. The highest BCUT2D eigenvalue weighted by Gasteiger charge is 2.40. The maximum atomic E-state index is 14.8. The number of para-hydroxylation sites is 1. The van der Waals surface area contributed by atoms with E-state index >= 15 is 0 Å². The summed E-state index contributed by atoms with van der Waals surface area (Å²) in [5.74, 6) is -7.94. The fourth-order valence-corrected chi connectivity index (χ4v) is 8.39. The highest BCUT2D eigenvalue weighted by Crippen LogP contribution is 2.21. The minimum absolute atomic E-state index is 0.0181. The van der Waals surface area contributed by atoms with Gasteiger partial charge in [-0.1, -0.05) is 60.7 Å². The number of aliphatic hydroxyl groups is 2. The number of guanidine groups is 1. The minimum atomic E-state index is -1.79. The Labute approximate surface area is 456 Å². The van der Waals surface area contributed by atoms with Crippen LogP contribution in [0.3, 0.4) is 0 Å². The number of rotatable bonds is 29. The molecule has 0 saturated carbocycles. The molecule has 26 heteroatoms. The van der Waals surface area contributed by atoms with Gasteiger partial charge in [-0.3, -0.25) is 43.3 Å². The monoisotopic (exact) mass is 1110 g/mol. The second-order valence-electron chi connectivity index (χ2n) is 19.1. The lowest BCUT2D eigenvalue weighted by molar-refractivity contribution is -0.137. The number of aromatic hydroxyl groups is 1. The molecule has 0 bridgehead atoms. The molecule has 10 unspecified atom stereocenters. The van der Waals surface area contributed by atoms with Crippen molar-refractivity contribution < 1.29 is 53.7 Å². The number of fused-ring (bicyclic) bond motifs is 1. The predicted octanol–water partition coefficient (Wildman–Crippen LogP) is -2.44. The molecular formula is C51H71N13O11S2. The van der Waals surface area contributed by atoms with Gasteiger partial charge in [0, 0.05) is 47.0 Å². The third-order valence-corrected chi connectivity index (χ3v) is 12.8. The van der Waals surface area contributed by atoms with E-state index < -0.39 is 113 Å². The van der Waals surface area contributed by atoms with Gasteiger partial charge in [0.1, 0.15) is 48.0 Å². The minimum Gasteiger partial charge on any atom is -0.508 e. The molecule has 3 aromatic carbocycles. The van der Waals surface area contributed by atoms with Crippen LogP contribution in [-0.4, -0.2) is 151 Å². The van der Waals surface area contributed by atoms with Crippen molar-refractivity contribution in [3.8, 4) is 5.75 Å². The number of phenolic OH excluding ortho intramolecular Hbond substituents is 1. The number of phenols is 1. The number of H-pyrrole nitrogens is 1. The molecule has 10 atom stereocenters. The molecule has 4 rings (SSSR count). The number of nitrogens with two attached hydrogens (primary N) is 4. The Morgan fingerprint density at radius 1 is 0.623 bits per heavy atom. The van der Waals surface area contributed by atoms with Crippen molar-refractivity contribution in [2.75, 3.05) is 12.3 Å². The summed E-state index contributed by atoms with van der Waals surface area (Å²) in [6.07, 6.45) is -1.72. The number of aliphatic imine (C=N–C) groups is 1. The number of aromatic amines is 1. The lowest BCUT2D eigenvalue weighted by Gasteiger charge is -2.33. The van der Waals surface area contributed by atoms with Crippen LogP contribution in [0.1, 0.15) is 57.2 Å². The molecule has 0 aliphatic rings. The third kappa shape index (κ3) is 19.3. The van der Waals surface area contributed by atoms with Gasteiger partial charge in [0.25, 0.3) is 0 Å². The number of benzene rings is 3. The second kappa shape index (κ2) is 29.2. The fraction of sp³-hybridized carbons (Fsp3) is 0.431. The van der Waals surface area contributed by atoms with E-state index in [-0.39, 0.29) is 56.1 Å². The number of primary amides is 1. The van der Waals surface area contributed by atoms with Crippen LogP contribution >= 0.6 is 25.3 Å². The molecule has 77 heavy (non-hydrogen) atoms. The first kappa shape index (κ1) is 62.2. The van der Waals surface area contributed by atoms with Gasteiger partial charge in [0.15, 0.2) is 5.96 Å². The lowest BCUT2D eigenvalue weighted by Crippen LogP contribution is -2.64. The van der Waals surface area contributed by atoms with E-state index in [1.807, 2.05) is 6.07 Å². The van der Waals surface area contributed by atoms with Crippen LogP contribution in [0.5, 0.6) is 5.75 Å². The van der Waals surface area contributed by atoms with Gasteiger partial charge >= 0.3 is 0 Å². The molecule has 8 amide bonds. The SMILES string of the molecule is CC(O)C(NC(=O)C(NC(=O)C(NC(=O)C(CCCN=C(N)N)NC(=O)C(Cc1c[nH]c2ccccc12)NC(=O)C(Cc1ccc(O)cc1)NC(=O)C(CS)NC(=O)C(N)Cc1ccccc1)C(C)O)C(C)(C)S)C(N)=O. The van der Waals surface area contributed by atoms with Gasteiger partial charge in [-0.05, 0) is 81.8 Å². The molecule has 0 aliphatic heterocycles. The number of hydrogen-bond acceptors (Lipinski definition) is 15. The van der Waals surface area contributed by atoms with E-state index in [0.717, 1.165) is 5.56 Å². The zero-order valence-electron chi connectivity index (χ0n) is 43.1. The zero-order chi connectivity index (χ0) is 57.1. The van der Waals surface area contributed by atoms with Gasteiger partial charge in [-0.2, -0.15) is 25.3 Å².